The van der Waals surface area contributed by atoms with Gasteiger partial charge in [-0.2, -0.15) is 9.59 Å². The van der Waals surface area contributed by atoms with Crippen LogP contribution < -0.4 is 21.9 Å². The Balaban J connectivity index is 0.000000419. The van der Waals surface area contributed by atoms with E-state index < -0.39 is 276 Å². The second-order valence-electron chi connectivity index (χ2n) is 30.1. The number of carbonyl (C=O) groups is 4. The summed E-state index contributed by atoms with van der Waals surface area (Å²) in [6, 6.07) is -2.76. The maximum absolute atomic E-state index is 14.0. The van der Waals surface area contributed by atoms with Crippen LogP contribution >= 0.6 is 0 Å². The van der Waals surface area contributed by atoms with Crippen LogP contribution in [-0.2, 0) is 95.0 Å². The third-order valence-corrected chi connectivity index (χ3v) is 21.8. The number of aromatic amines is 2. The average molecular weight is 1710 g/mol. The average Bonchev–Trinajstić information content (AvgIpc) is 0.752. The van der Waals surface area contributed by atoms with Crippen molar-refractivity contribution >= 4 is 29.9 Å². The van der Waals surface area contributed by atoms with Crippen LogP contribution in [0, 0.1) is 5.92 Å². The predicted molar refractivity (Wildman–Crippen MR) is 389 cm³/mol. The number of ether oxygens (including phenoxy) is 15. The quantitative estimate of drug-likeness (QED) is 0.0222. The van der Waals surface area contributed by atoms with Crippen LogP contribution in [0.15, 0.2) is 15.7 Å². The third kappa shape index (κ3) is 26.6. The maximum atomic E-state index is 14.0. The summed E-state index contributed by atoms with van der Waals surface area (Å²) in [5.74, 6) is -7.09. The summed E-state index contributed by atoms with van der Waals surface area (Å²) >= 11 is 0. The number of nitrogens with one attached hydrogen (secondary N) is 4. The van der Waals surface area contributed by atoms with Gasteiger partial charge in [0.1, 0.15) is 140 Å². The second-order valence-corrected chi connectivity index (χ2v) is 30.1. The molecule has 0 radical (unpaired) electrons. The highest BCUT2D eigenvalue weighted by Crippen LogP contribution is 2.41. The molecule has 1 aromatic heterocycles. The van der Waals surface area contributed by atoms with Crippen LogP contribution in [0.5, 0.6) is 0 Å². The number of hydrogen-bond acceptors (Lipinski definition) is 40. The van der Waals surface area contributed by atoms with Gasteiger partial charge < -0.3 is 179 Å². The van der Waals surface area contributed by atoms with Gasteiger partial charge in [0, 0.05) is 45.7 Å². The number of carboxylic acids is 1. The molecule has 45 nitrogen and oxygen atoms in total. The molecule has 8 fully saturated rings. The summed E-state index contributed by atoms with van der Waals surface area (Å²) in [7, 11) is 1.29. The number of hydrogen-bond donors (Lipinski definition) is 22. The van der Waals surface area contributed by atoms with Crippen molar-refractivity contribution in [2.45, 2.75) is 346 Å². The Morgan fingerprint density at radius 2 is 1.13 bits per heavy atom. The minimum atomic E-state index is -3.21. The molecule has 22 unspecified atom stereocenters. The highest BCUT2D eigenvalue weighted by Gasteiger charge is 2.62. The summed E-state index contributed by atoms with van der Waals surface area (Å²) in [5, 5.41) is 197. The summed E-state index contributed by atoms with van der Waals surface area (Å²) in [5.41, 5.74) is -2.76. The largest absolute Gasteiger partial charge is 0.477 e. The zero-order valence-corrected chi connectivity index (χ0v) is 65.4. The number of rotatable bonds is 35. The van der Waals surface area contributed by atoms with Crippen LogP contribution in [0.2, 0.25) is 0 Å². The Hall–Kier alpha value is -5.30. The van der Waals surface area contributed by atoms with Crippen LogP contribution in [0.1, 0.15) is 148 Å². The molecule has 22 N–H and O–H groups in total. The van der Waals surface area contributed by atoms with Gasteiger partial charge in [-0.1, -0.05) is 72.1 Å². The molecule has 118 heavy (non-hydrogen) atoms. The van der Waals surface area contributed by atoms with Crippen molar-refractivity contribution in [2.24, 2.45) is 5.92 Å². The van der Waals surface area contributed by atoms with Gasteiger partial charge >= 0.3 is 23.8 Å². The fourth-order valence-electron chi connectivity index (χ4n) is 15.2. The highest BCUT2D eigenvalue weighted by molar-refractivity contribution is 5.92. The Morgan fingerprint density at radius 1 is 0.593 bits per heavy atom. The molecular weight excluding hydrogens is 1590 g/mol. The first-order valence-electron chi connectivity index (χ1n) is 39.3. The van der Waals surface area contributed by atoms with Crippen LogP contribution in [0.3, 0.4) is 0 Å². The van der Waals surface area contributed by atoms with Gasteiger partial charge in [-0.25, -0.2) is 9.59 Å². The molecule has 0 spiro atoms. The number of aliphatic hydroxyl groups is 17. The van der Waals surface area contributed by atoms with E-state index in [1.807, 2.05) is 11.9 Å². The van der Waals surface area contributed by atoms with Crippen LogP contribution in [-0.4, -0.2) is 393 Å². The van der Waals surface area contributed by atoms with Gasteiger partial charge in [0.05, 0.1) is 70.1 Å². The lowest BCUT2D eigenvalue weighted by atomic mass is 9.87. The van der Waals surface area contributed by atoms with Gasteiger partial charge in [0.25, 0.3) is 17.3 Å². The number of aromatic nitrogens is 2. The molecule has 1 aromatic rings. The zero-order chi connectivity index (χ0) is 86.3. The molecule has 680 valence electrons. The first-order valence-corrected chi connectivity index (χ1v) is 39.3. The molecule has 7 saturated heterocycles. The Bertz CT molecular complexity index is 3290. The zero-order valence-electron chi connectivity index (χ0n) is 65.4. The predicted octanol–water partition coefficient (Wildman–Crippen LogP) is -8.00. The molecule has 2 amide bonds. The van der Waals surface area contributed by atoms with E-state index in [1.165, 1.54) is 33.3 Å². The summed E-state index contributed by atoms with van der Waals surface area (Å²) in [6.45, 7) is 2.65. The monoisotopic (exact) mass is 1710 g/mol. The molecule has 1 aliphatic carbocycles. The Morgan fingerprint density at radius 3 is 1.68 bits per heavy atom. The molecule has 0 bridgehead atoms. The minimum absolute atomic E-state index is 0. The van der Waals surface area contributed by atoms with Crippen molar-refractivity contribution in [1.82, 2.24) is 20.6 Å². The topological polar surface area (TPSA) is 695 Å². The molecule has 45 heteroatoms. The van der Waals surface area contributed by atoms with E-state index in [2.05, 4.69) is 20.4 Å². The summed E-state index contributed by atoms with van der Waals surface area (Å²) in [6.07, 6.45) is -38.6. The Kier molecular flexibility index (Phi) is 41.9. The number of amides is 2. The van der Waals surface area contributed by atoms with E-state index in [1.54, 1.807) is 6.92 Å². The van der Waals surface area contributed by atoms with E-state index >= 15 is 0 Å². The fraction of sp³-hybridized carbons (Fsp3) is 0.877. The molecule has 8 aliphatic rings. The number of H-pyrrole nitrogens is 2. The summed E-state index contributed by atoms with van der Waals surface area (Å²) in [4.78, 5) is 95.8. The van der Waals surface area contributed by atoms with E-state index in [0.717, 1.165) is 32.6 Å². The molecular formula is C73H122N4O41. The van der Waals surface area contributed by atoms with Gasteiger partial charge in [0.15, 0.2) is 31.5 Å². The number of aliphatic carboxylic acids is 1. The van der Waals surface area contributed by atoms with Gasteiger partial charge in [-0.3, -0.25) is 24.2 Å². The van der Waals surface area contributed by atoms with Crippen LogP contribution in [0.25, 0.3) is 0 Å². The Labute approximate surface area is 677 Å². The van der Waals surface area contributed by atoms with Crippen molar-refractivity contribution in [3.8, 4) is 0 Å². The third-order valence-electron chi connectivity index (χ3n) is 21.8. The first-order chi connectivity index (χ1) is 55.7. The molecule has 8 heterocycles. The minimum Gasteiger partial charge on any atom is -0.477 e. The molecule has 9 rings (SSSR count). The number of unbranched alkanes of at least 4 members (excludes halogenated alkanes) is 5. The SMILES string of the molecule is C.CCC1OCCC(OC2OC(CO)C(O)C(OCCC3CCCCC3)C2O)C1OC1OC(C)C(O)C(O)C1O.COC(=O)CCCCCCCCO[C@@H]1OC(CO)[C@@H](O[C@@H]2O[C@@H](C)[C@@H](O)C(O)C2O)[C@H](O[C@@H]2OC(CO)[C@H](O)C(O[C@]3(C(=O)O)CC(O)[C@@H](NC(C)=O)C([C@H](O)[C@H](O)CO)O3)C2O)C1NC(=O)c1cc(=O)[nH]c(=O)[nH]1.O=C=O. The number of aliphatic hydroxyl groups excluding tert-OH is 17. The normalized spacial score (nSPS) is 38.9. The van der Waals surface area contributed by atoms with E-state index in [-0.39, 0.29) is 32.6 Å². The molecule has 7 aliphatic heterocycles. The van der Waals surface area contributed by atoms with Crippen molar-refractivity contribution in [3.63, 3.8) is 0 Å². The standard InChI is InChI=1S/C44H70N4O27.C27H48O12.CO2.CH4/c1-17-28(57)31(60)32(61)40(69-17)72-34-23(16-51)71-39(68-11-9-7-5-4-6-8-10-25(56)67-3)27(48-38(63)19-12-24(55)47-43(66)46-19)36(34)73-41-33(62)37(30(59)22(15-50)70-41)75-44(42(64)65)13-20(53)26(45-18(2)52)35(74-44)29(58)21(54)14-49;1-3-16-24(39-26-22(32)21(31)19(29)14(2)36-26)17(10-12-34-16)37-27-23(33)25(20(30)18(13-28)38-27)35-11-9-15-7-5-4-6-8-15;2-1-3;/h12,17,20-23,26-37,39-41,49-51,53-54,57-62H,4-11,13-16H2,1-3H3,(H,45,52)(H,48,63)(H,64,65)(H2,46,47,55,66);14-33H,3-13H2,1-2H3;;1H4/t17-,20?,21+,22?,23?,26+,27?,28+,29+,30-,31?,32?,33?,34+,35?,36+,37?,39+,40-,41-,44-;;;/m0.../s1. The van der Waals surface area contributed by atoms with Crippen LogP contribution in [0.4, 0.5) is 0 Å². The van der Waals surface area contributed by atoms with E-state index in [4.69, 9.17) is 75.9 Å². The number of methoxy groups -OCH3 is 1. The number of esters is 1. The van der Waals surface area contributed by atoms with Gasteiger partial charge in [-0.05, 0) is 51.9 Å². The van der Waals surface area contributed by atoms with Gasteiger partial charge in [-0.15, -0.1) is 0 Å². The second kappa shape index (κ2) is 48.7. The lowest BCUT2D eigenvalue weighted by Gasteiger charge is -2.51. The van der Waals surface area contributed by atoms with E-state index in [9.17, 15) is 121 Å². The van der Waals surface area contributed by atoms with Crippen molar-refractivity contribution < 1.29 is 192 Å². The number of carboxylic acid groups (broad SMARTS) is 1. The van der Waals surface area contributed by atoms with Crippen molar-refractivity contribution in [1.29, 1.82) is 0 Å². The van der Waals surface area contributed by atoms with Crippen molar-refractivity contribution in [2.75, 3.05) is 53.4 Å². The van der Waals surface area contributed by atoms with E-state index in [0.29, 0.717) is 70.1 Å². The lowest BCUT2D eigenvalue weighted by Crippen LogP contribution is -2.71. The molecule has 0 aromatic carbocycles. The lowest BCUT2D eigenvalue weighted by molar-refractivity contribution is -0.390. The maximum Gasteiger partial charge on any atom is 0.373 e. The van der Waals surface area contributed by atoms with Crippen molar-refractivity contribution in [3.05, 3.63) is 32.6 Å². The van der Waals surface area contributed by atoms with Gasteiger partial charge in [0.2, 0.25) is 5.91 Å². The fourth-order valence-corrected chi connectivity index (χ4v) is 15.2. The first kappa shape index (κ1) is 102. The number of carbonyl (C=O) groups excluding carboxylic acids is 5. The smallest absolute Gasteiger partial charge is 0.373 e. The summed E-state index contributed by atoms with van der Waals surface area (Å²) < 4.78 is 88.0. The molecule has 1 saturated carbocycles. The highest BCUT2D eigenvalue weighted by atomic mass is 16.8. The molecule has 34 atom stereocenters.